The Bertz CT molecular complexity index is 700. The van der Waals surface area contributed by atoms with Crippen molar-refractivity contribution in [3.63, 3.8) is 0 Å². The Morgan fingerprint density at radius 2 is 1.43 bits per heavy atom. The molecule has 0 bridgehead atoms. The molecule has 23 heavy (non-hydrogen) atoms. The van der Waals surface area contributed by atoms with Gasteiger partial charge in [-0.15, -0.1) is 5.69 Å². The van der Waals surface area contributed by atoms with Crippen LogP contribution in [0.3, 0.4) is 0 Å². The first-order valence-corrected chi connectivity index (χ1v) is 7.80. The second kappa shape index (κ2) is 9.80. The first-order valence-electron chi connectivity index (χ1n) is 7.80. The molecule has 0 spiro atoms. The molecule has 0 aliphatic heterocycles. The molecule has 2 aromatic carbocycles. The number of rotatable bonds is 3. The third-order valence-electron chi connectivity index (χ3n) is 3.67. The molecule has 0 fully saturated rings. The molecule has 3 heteroatoms. The first kappa shape index (κ1) is 19.8. The van der Waals surface area contributed by atoms with Crippen LogP contribution >= 0.6 is 0 Å². The predicted octanol–water partition coefficient (Wildman–Crippen LogP) is 5.04. The minimum Gasteiger partial charge on any atom is -0.448 e. The Labute approximate surface area is 164 Å². The summed E-state index contributed by atoms with van der Waals surface area (Å²) in [4.78, 5) is 4.22. The Morgan fingerprint density at radius 3 is 1.96 bits per heavy atom. The average Bonchev–Trinajstić information content (AvgIpc) is 2.90. The van der Waals surface area contributed by atoms with Crippen molar-refractivity contribution in [1.29, 1.82) is 0 Å². The van der Waals surface area contributed by atoms with Gasteiger partial charge in [-0.1, -0.05) is 88.0 Å². The van der Waals surface area contributed by atoms with Crippen LogP contribution in [-0.4, -0.2) is 9.55 Å². The van der Waals surface area contributed by atoms with Crippen LogP contribution in [0.1, 0.15) is 30.8 Å². The molecule has 0 saturated carbocycles. The molecule has 0 aliphatic rings. The molecule has 1 heterocycles. The predicted molar refractivity (Wildman–Crippen MR) is 92.9 cm³/mol. The average molecular weight is 380 g/mol. The summed E-state index contributed by atoms with van der Waals surface area (Å²) in [5.74, 6) is 0. The van der Waals surface area contributed by atoms with Crippen LogP contribution in [0.2, 0.25) is 0 Å². The summed E-state index contributed by atoms with van der Waals surface area (Å²) >= 11 is 0. The van der Waals surface area contributed by atoms with Crippen LogP contribution in [0.15, 0.2) is 54.6 Å². The van der Waals surface area contributed by atoms with Crippen molar-refractivity contribution in [2.75, 3.05) is 0 Å². The van der Waals surface area contributed by atoms with E-state index in [9.17, 15) is 0 Å². The number of hydrogen-bond donors (Lipinski definition) is 0. The summed E-state index contributed by atoms with van der Waals surface area (Å²) in [5.41, 5.74) is 5.99. The molecular formula is C20H23N2Y-. The number of nitrogens with zero attached hydrogens (tertiary/aromatic N) is 2. The Morgan fingerprint density at radius 1 is 0.870 bits per heavy atom. The maximum Gasteiger partial charge on any atom is 0.0249 e. The van der Waals surface area contributed by atoms with Gasteiger partial charge in [0, 0.05) is 45.6 Å². The summed E-state index contributed by atoms with van der Waals surface area (Å²) in [7, 11) is 0. The van der Waals surface area contributed by atoms with E-state index in [2.05, 4.69) is 71.3 Å². The molecule has 1 aromatic heterocycles. The number of hydrogen-bond acceptors (Lipinski definition) is 1. The minimum absolute atomic E-state index is 0. The Balaban J connectivity index is 0.000000849. The van der Waals surface area contributed by atoms with Crippen LogP contribution in [0.4, 0.5) is 0 Å². The van der Waals surface area contributed by atoms with E-state index < -0.39 is 0 Å². The van der Waals surface area contributed by atoms with Crippen LogP contribution in [0.25, 0.3) is 11.1 Å². The van der Waals surface area contributed by atoms with Gasteiger partial charge in [0.1, 0.15) is 0 Å². The maximum absolute atomic E-state index is 4.22. The molecule has 3 aromatic rings. The SMILES string of the molecule is CC.Cc1n[c-]n(Cc2ccc(-c3ccccc3)cc2)c1C.[Y]. The summed E-state index contributed by atoms with van der Waals surface area (Å²) < 4.78 is 2.06. The monoisotopic (exact) mass is 380 g/mol. The molecule has 0 amide bonds. The van der Waals surface area contributed by atoms with Crippen molar-refractivity contribution in [2.45, 2.75) is 34.2 Å². The summed E-state index contributed by atoms with van der Waals surface area (Å²) in [6.07, 6.45) is 3.04. The van der Waals surface area contributed by atoms with Gasteiger partial charge in [0.05, 0.1) is 0 Å². The smallest absolute Gasteiger partial charge is 0.0249 e. The van der Waals surface area contributed by atoms with Gasteiger partial charge in [0.25, 0.3) is 0 Å². The van der Waals surface area contributed by atoms with Crippen LogP contribution in [0.5, 0.6) is 0 Å². The Kier molecular flexibility index (Phi) is 8.43. The largest absolute Gasteiger partial charge is 0.448 e. The van der Waals surface area contributed by atoms with E-state index in [1.54, 1.807) is 0 Å². The maximum atomic E-state index is 4.22. The number of benzene rings is 2. The van der Waals surface area contributed by atoms with E-state index in [1.807, 2.05) is 26.8 Å². The van der Waals surface area contributed by atoms with E-state index in [-0.39, 0.29) is 32.7 Å². The van der Waals surface area contributed by atoms with Gasteiger partial charge in [0.2, 0.25) is 0 Å². The fraction of sp³-hybridized carbons (Fsp3) is 0.250. The zero-order valence-electron chi connectivity index (χ0n) is 14.4. The zero-order chi connectivity index (χ0) is 15.9. The summed E-state index contributed by atoms with van der Waals surface area (Å²) in [6, 6.07) is 19.1. The van der Waals surface area contributed by atoms with Gasteiger partial charge in [-0.3, -0.25) is 0 Å². The van der Waals surface area contributed by atoms with Crippen LogP contribution < -0.4 is 0 Å². The minimum atomic E-state index is 0. The molecule has 0 aliphatic carbocycles. The number of imidazole rings is 1. The van der Waals surface area contributed by atoms with E-state index in [0.29, 0.717) is 0 Å². The topological polar surface area (TPSA) is 17.8 Å². The van der Waals surface area contributed by atoms with Crippen molar-refractivity contribution in [3.8, 4) is 11.1 Å². The molecule has 0 unspecified atom stereocenters. The molecule has 3 rings (SSSR count). The third-order valence-corrected chi connectivity index (χ3v) is 3.67. The van der Waals surface area contributed by atoms with Gasteiger partial charge in [0.15, 0.2) is 0 Å². The number of aryl methyl sites for hydroxylation is 1. The summed E-state index contributed by atoms with van der Waals surface area (Å²) in [6.45, 7) is 8.92. The second-order valence-electron chi connectivity index (χ2n) is 5.03. The van der Waals surface area contributed by atoms with Crippen molar-refractivity contribution in [3.05, 3.63) is 77.9 Å². The molecule has 2 nitrogen and oxygen atoms in total. The first-order chi connectivity index (χ1) is 10.7. The van der Waals surface area contributed by atoms with E-state index in [1.165, 1.54) is 22.4 Å². The van der Waals surface area contributed by atoms with Crippen LogP contribution in [-0.2, 0) is 39.3 Å². The van der Waals surface area contributed by atoms with Crippen molar-refractivity contribution >= 4 is 0 Å². The van der Waals surface area contributed by atoms with Gasteiger partial charge < -0.3 is 9.55 Å². The standard InChI is InChI=1S/C18H17N2.C2H6.Y/c1-14-15(2)20(13-19-14)12-16-8-10-18(11-9-16)17-6-4-3-5-7-17;1-2;/h3-11H,12H2,1-2H3;1-2H3;/q-1;;. The van der Waals surface area contributed by atoms with E-state index >= 15 is 0 Å². The normalized spacial score (nSPS) is 9.57. The van der Waals surface area contributed by atoms with Gasteiger partial charge in [-0.25, -0.2) is 0 Å². The van der Waals surface area contributed by atoms with Gasteiger partial charge in [-0.05, 0) is 16.7 Å². The molecular weight excluding hydrogens is 357 g/mol. The fourth-order valence-electron chi connectivity index (χ4n) is 2.26. The van der Waals surface area contributed by atoms with Gasteiger partial charge >= 0.3 is 0 Å². The van der Waals surface area contributed by atoms with Gasteiger partial charge in [-0.2, -0.15) is 0 Å². The summed E-state index contributed by atoms with van der Waals surface area (Å²) in [5, 5.41) is 0. The molecule has 0 N–H and O–H groups in total. The zero-order valence-corrected chi connectivity index (χ0v) is 17.2. The fourth-order valence-corrected chi connectivity index (χ4v) is 2.26. The van der Waals surface area contributed by atoms with Crippen molar-refractivity contribution in [2.24, 2.45) is 0 Å². The van der Waals surface area contributed by atoms with Crippen molar-refractivity contribution < 1.29 is 32.7 Å². The van der Waals surface area contributed by atoms with E-state index in [0.717, 1.165) is 12.2 Å². The Hall–Kier alpha value is -1.25. The third kappa shape index (κ3) is 5.12. The quantitative estimate of drug-likeness (QED) is 0.582. The van der Waals surface area contributed by atoms with Crippen molar-refractivity contribution in [1.82, 2.24) is 9.55 Å². The molecule has 1 radical (unpaired) electrons. The molecule has 0 atom stereocenters. The van der Waals surface area contributed by atoms with Crippen LogP contribution in [0, 0.1) is 20.2 Å². The second-order valence-corrected chi connectivity index (χ2v) is 5.03. The number of aromatic nitrogens is 2. The molecule has 0 saturated heterocycles. The molecule has 117 valence electrons. The van der Waals surface area contributed by atoms with E-state index in [4.69, 9.17) is 0 Å².